The van der Waals surface area contributed by atoms with Crippen LogP contribution in [0.1, 0.15) is 35.6 Å². The molecule has 4 heterocycles. The smallest absolute Gasteiger partial charge is 0.273 e. The molecule has 0 spiro atoms. The number of fused-ring (bicyclic) bond motifs is 1. The van der Waals surface area contributed by atoms with Crippen LogP contribution in [-0.2, 0) is 5.41 Å². The first-order valence-electron chi connectivity index (χ1n) is 8.70. The molecule has 1 saturated heterocycles. The highest BCUT2D eigenvalue weighted by Gasteiger charge is 2.55. The summed E-state index contributed by atoms with van der Waals surface area (Å²) in [5.41, 5.74) is 1.12. The minimum absolute atomic E-state index is 0.00739. The molecule has 0 unspecified atom stereocenters. The van der Waals surface area contributed by atoms with Crippen LogP contribution in [-0.4, -0.2) is 43.4 Å². The lowest BCUT2D eigenvalue weighted by Crippen LogP contribution is -2.35. The first-order valence-corrected chi connectivity index (χ1v) is 9.54. The van der Waals surface area contributed by atoms with Crippen molar-refractivity contribution in [3.05, 3.63) is 47.6 Å². The average Bonchev–Trinajstić information content (AvgIpc) is 3.44. The van der Waals surface area contributed by atoms with Gasteiger partial charge in [0.1, 0.15) is 5.69 Å². The highest BCUT2D eigenvalue weighted by atomic mass is 32.1. The summed E-state index contributed by atoms with van der Waals surface area (Å²) >= 11 is 1.30. The predicted octanol–water partition coefficient (Wildman–Crippen LogP) is 2.78. The quantitative estimate of drug-likeness (QED) is 0.708. The maximum Gasteiger partial charge on any atom is 0.273 e. The Morgan fingerprint density at radius 2 is 2.35 bits per heavy atom. The van der Waals surface area contributed by atoms with Crippen molar-refractivity contribution in [3.8, 4) is 11.4 Å². The molecule has 132 valence electrons. The summed E-state index contributed by atoms with van der Waals surface area (Å²) in [7, 11) is 0. The lowest BCUT2D eigenvalue weighted by atomic mass is 9.80. The van der Waals surface area contributed by atoms with Crippen LogP contribution in [0.5, 0.6) is 0 Å². The van der Waals surface area contributed by atoms with E-state index in [0.29, 0.717) is 29.9 Å². The minimum Gasteiger partial charge on any atom is -0.338 e. The maximum atomic E-state index is 12.7. The van der Waals surface area contributed by atoms with Crippen LogP contribution >= 0.6 is 11.5 Å². The third-order valence-electron chi connectivity index (χ3n) is 5.59. The van der Waals surface area contributed by atoms with Crippen LogP contribution in [0.25, 0.3) is 11.4 Å². The summed E-state index contributed by atoms with van der Waals surface area (Å²) in [6, 6.07) is 5.55. The molecule has 0 radical (unpaired) electrons. The summed E-state index contributed by atoms with van der Waals surface area (Å²) in [6.45, 7) is 1.34. The number of pyridine rings is 1. The number of hydrogen-bond donors (Lipinski definition) is 0. The van der Waals surface area contributed by atoms with Crippen molar-refractivity contribution in [3.63, 3.8) is 0 Å². The highest BCUT2D eigenvalue weighted by Crippen LogP contribution is 2.50. The van der Waals surface area contributed by atoms with E-state index in [0.717, 1.165) is 31.4 Å². The zero-order valence-electron chi connectivity index (χ0n) is 14.0. The number of aromatic nitrogens is 4. The maximum absolute atomic E-state index is 12.7. The third kappa shape index (κ3) is 2.36. The zero-order valence-corrected chi connectivity index (χ0v) is 14.9. The lowest BCUT2D eigenvalue weighted by Gasteiger charge is -2.23. The number of hydrogen-bond acceptors (Lipinski definition) is 7. The Hall–Kier alpha value is -2.61. The minimum atomic E-state index is -0.237. The molecule has 1 aliphatic carbocycles. The van der Waals surface area contributed by atoms with E-state index >= 15 is 0 Å². The molecule has 0 aromatic carbocycles. The number of rotatable bonds is 3. The van der Waals surface area contributed by atoms with Gasteiger partial charge in [-0.3, -0.25) is 9.78 Å². The number of amides is 1. The lowest BCUT2D eigenvalue weighted by molar-refractivity contribution is 0.0770. The standard InChI is InChI=1S/C18H17N5O2S/c24-16(14-5-8-26-22-14)23-10-13-4-1-6-18(13,11-23)17-20-15(21-25-17)12-3-2-7-19-9-12/h2-3,5,7-9,13H,1,4,6,10-11H2/t13-,18-/m1/s1. The third-order valence-corrected chi connectivity index (χ3v) is 6.15. The van der Waals surface area contributed by atoms with Crippen LogP contribution < -0.4 is 0 Å². The molecular weight excluding hydrogens is 350 g/mol. The highest BCUT2D eigenvalue weighted by molar-refractivity contribution is 7.03. The van der Waals surface area contributed by atoms with E-state index in [-0.39, 0.29) is 11.3 Å². The van der Waals surface area contributed by atoms with Crippen LogP contribution in [0, 0.1) is 5.92 Å². The molecule has 7 nitrogen and oxygen atoms in total. The van der Waals surface area contributed by atoms with Crippen molar-refractivity contribution >= 4 is 17.4 Å². The Morgan fingerprint density at radius 1 is 1.38 bits per heavy atom. The van der Waals surface area contributed by atoms with Gasteiger partial charge in [-0.1, -0.05) is 11.6 Å². The van der Waals surface area contributed by atoms with Gasteiger partial charge in [0, 0.05) is 36.4 Å². The Kier molecular flexibility index (Phi) is 3.59. The van der Waals surface area contributed by atoms with Gasteiger partial charge in [0.15, 0.2) is 0 Å². The summed E-state index contributed by atoms with van der Waals surface area (Å²) in [5, 5.41) is 6.00. The molecular formula is C18H17N5O2S. The zero-order chi connectivity index (χ0) is 17.6. The Morgan fingerprint density at radius 3 is 3.15 bits per heavy atom. The fourth-order valence-electron chi connectivity index (χ4n) is 4.32. The summed E-state index contributed by atoms with van der Waals surface area (Å²) in [6.07, 6.45) is 6.60. The number of carbonyl (C=O) groups is 1. The first-order chi connectivity index (χ1) is 12.8. The summed E-state index contributed by atoms with van der Waals surface area (Å²) in [4.78, 5) is 23.4. The van der Waals surface area contributed by atoms with Gasteiger partial charge < -0.3 is 9.42 Å². The largest absolute Gasteiger partial charge is 0.338 e. The molecule has 8 heteroatoms. The van der Waals surface area contributed by atoms with E-state index in [1.54, 1.807) is 18.5 Å². The van der Waals surface area contributed by atoms with E-state index in [4.69, 9.17) is 4.52 Å². The second kappa shape index (κ2) is 5.98. The Balaban J connectivity index is 1.46. The van der Waals surface area contributed by atoms with Crippen LogP contribution in [0.2, 0.25) is 0 Å². The molecule has 1 saturated carbocycles. The number of likely N-dealkylation sites (tertiary alicyclic amines) is 1. The Labute approximate surface area is 154 Å². The molecule has 1 aliphatic heterocycles. The van der Waals surface area contributed by atoms with Crippen molar-refractivity contribution < 1.29 is 9.32 Å². The summed E-state index contributed by atoms with van der Waals surface area (Å²) < 4.78 is 9.87. The first kappa shape index (κ1) is 15.6. The van der Waals surface area contributed by atoms with Gasteiger partial charge in [0.25, 0.3) is 5.91 Å². The normalized spacial score (nSPS) is 24.8. The van der Waals surface area contributed by atoms with Crippen molar-refractivity contribution in [1.29, 1.82) is 0 Å². The fourth-order valence-corrected chi connectivity index (χ4v) is 4.82. The molecule has 2 fully saturated rings. The van der Waals surface area contributed by atoms with Crippen molar-refractivity contribution in [1.82, 2.24) is 24.4 Å². The molecule has 0 N–H and O–H groups in total. The topological polar surface area (TPSA) is 85.0 Å². The van der Waals surface area contributed by atoms with E-state index < -0.39 is 0 Å². The molecule has 1 amide bonds. The second-order valence-electron chi connectivity index (χ2n) is 6.98. The fraction of sp³-hybridized carbons (Fsp3) is 0.389. The van der Waals surface area contributed by atoms with Crippen LogP contribution in [0.3, 0.4) is 0 Å². The van der Waals surface area contributed by atoms with Gasteiger partial charge in [0.05, 0.1) is 5.41 Å². The number of nitrogens with zero attached hydrogens (tertiary/aromatic N) is 5. The van der Waals surface area contributed by atoms with Crippen molar-refractivity contribution in [2.75, 3.05) is 13.1 Å². The van der Waals surface area contributed by atoms with Gasteiger partial charge in [0.2, 0.25) is 11.7 Å². The van der Waals surface area contributed by atoms with Crippen molar-refractivity contribution in [2.45, 2.75) is 24.7 Å². The Bertz CT molecular complexity index is 926. The van der Waals surface area contributed by atoms with Gasteiger partial charge in [-0.15, -0.1) is 0 Å². The van der Waals surface area contributed by atoms with Gasteiger partial charge in [-0.05, 0) is 48.5 Å². The molecule has 26 heavy (non-hydrogen) atoms. The summed E-state index contributed by atoms with van der Waals surface area (Å²) in [5.74, 6) is 1.55. The van der Waals surface area contributed by atoms with E-state index in [2.05, 4.69) is 19.5 Å². The number of carbonyl (C=O) groups excluding carboxylic acids is 1. The van der Waals surface area contributed by atoms with Gasteiger partial charge in [-0.2, -0.15) is 9.36 Å². The van der Waals surface area contributed by atoms with Crippen LogP contribution in [0.4, 0.5) is 0 Å². The SMILES string of the molecule is O=C(c1ccsn1)N1C[C@H]2CCC[C@@]2(c2nc(-c3cccnc3)no2)C1. The van der Waals surface area contributed by atoms with E-state index in [1.807, 2.05) is 22.4 Å². The van der Waals surface area contributed by atoms with E-state index in [1.165, 1.54) is 11.5 Å². The molecule has 3 aromatic heterocycles. The molecule has 0 bridgehead atoms. The van der Waals surface area contributed by atoms with Crippen LogP contribution in [0.15, 0.2) is 40.5 Å². The van der Waals surface area contributed by atoms with Gasteiger partial charge >= 0.3 is 0 Å². The molecule has 5 rings (SSSR count). The van der Waals surface area contributed by atoms with E-state index in [9.17, 15) is 4.79 Å². The second-order valence-corrected chi connectivity index (χ2v) is 7.65. The monoisotopic (exact) mass is 367 g/mol. The molecule has 3 aromatic rings. The molecule has 2 aliphatic rings. The predicted molar refractivity (Wildman–Crippen MR) is 94.6 cm³/mol. The van der Waals surface area contributed by atoms with Crippen molar-refractivity contribution in [2.24, 2.45) is 5.92 Å². The van der Waals surface area contributed by atoms with Gasteiger partial charge in [-0.25, -0.2) is 0 Å². The molecule has 2 atom stereocenters. The average molecular weight is 367 g/mol.